The standard InChI is InChI=1S/2C15H27N3.4C14H25N3.2C13H23N3/c1-11(2)14-6-8-18(9-7-14)10-15-12(3)16-17(5)13(15)4;1-12(2)15-5-7-17(8-6-15)10-14-9-16-18(11-14)13(3)4;1-11(2)13-5-7-17(8-6-13)10-14-9-15-12(3)16(14)4;1-11(2)13-5-7-17(8-6-13)10-14-9-16(4)15-12(14)3;1-11(2)13-5-7-17(8-6-13)10-14-9-12(3)15-16(14)4;1-4-17-11-13(9-15-17)10-16-7-5-14(6-8-16)12(2)3;1-11(2)12-4-7-16(8-5-12)10-13-14-6-9-15(13)3;1-11(2)12-4-6-16(7-5-12)9-13-8-14-10-15(13)3/h11,14H,6-10H2,1-5H3;9,11-13,15H,5-8,10H2,1-4H3;3*9,11,13H,5-8,10H2,1-4H3;9,11-12,14H,4-8,10H2,1-3H3;6,9,11-12H,4-5,7-8,10H2,1-3H3;8,10-12H,4-7,9H2,1-3H3. The first kappa shape index (κ1) is 113. The maximum Gasteiger partial charge on any atom is 0.122 e. The molecule has 0 N–H and O–H groups in total. The van der Waals surface area contributed by atoms with Crippen molar-refractivity contribution in [3.05, 3.63) is 142 Å². The van der Waals surface area contributed by atoms with Crippen molar-refractivity contribution >= 4 is 0 Å². The zero-order chi connectivity index (χ0) is 99.0. The van der Waals surface area contributed by atoms with Crippen LogP contribution in [0.1, 0.15) is 314 Å². The number of nitrogens with zero attached hydrogens (tertiary/aromatic N) is 24. The van der Waals surface area contributed by atoms with Gasteiger partial charge in [0, 0.05) is 172 Å². The van der Waals surface area contributed by atoms with E-state index in [1.807, 2.05) is 83.4 Å². The summed E-state index contributed by atoms with van der Waals surface area (Å²) in [5, 5.41) is 22.1. The molecule has 24 nitrogen and oxygen atoms in total. The topological polar surface area (TPSA) is 168 Å². The van der Waals surface area contributed by atoms with Crippen LogP contribution in [0.2, 0.25) is 0 Å². The molecule has 8 aliphatic heterocycles. The summed E-state index contributed by atoms with van der Waals surface area (Å²) in [5.41, 5.74) is 14.3. The lowest BCUT2D eigenvalue weighted by Crippen LogP contribution is -2.35. The zero-order valence-corrected chi connectivity index (χ0v) is 92.4. The molecule has 8 aromatic heterocycles. The predicted molar refractivity (Wildman–Crippen MR) is 566 cm³/mol. The summed E-state index contributed by atoms with van der Waals surface area (Å²) in [6, 6.07) is 2.67. The van der Waals surface area contributed by atoms with Gasteiger partial charge in [0.05, 0.1) is 59.4 Å². The van der Waals surface area contributed by atoms with Crippen molar-refractivity contribution < 1.29 is 0 Å². The number of aryl methyl sites for hydroxylation is 10. The molecule has 0 bridgehead atoms. The summed E-state index contributed by atoms with van der Waals surface area (Å²) < 4.78 is 16.4. The Kier molecular flexibility index (Phi) is 47.2. The number of likely N-dealkylation sites (tertiary alicyclic amines) is 8. The second kappa shape index (κ2) is 56.9. The van der Waals surface area contributed by atoms with Gasteiger partial charge < -0.3 is 13.7 Å². The molecule has 0 aliphatic carbocycles. The molecule has 0 aromatic carbocycles. The maximum absolute atomic E-state index is 4.51. The van der Waals surface area contributed by atoms with E-state index in [4.69, 9.17) is 0 Å². The molecule has 16 rings (SSSR count). The molecule has 0 unspecified atom stereocenters. The first-order valence-corrected chi connectivity index (χ1v) is 54.5. The highest BCUT2D eigenvalue weighted by atomic mass is 15.3. The smallest absolute Gasteiger partial charge is 0.122 e. The van der Waals surface area contributed by atoms with E-state index in [0.29, 0.717) is 6.04 Å². The van der Waals surface area contributed by atoms with Gasteiger partial charge in [0.2, 0.25) is 0 Å². The average molecular weight is 1880 g/mol. The minimum Gasteiger partial charge on any atom is -0.337 e. The van der Waals surface area contributed by atoms with Crippen LogP contribution in [0.3, 0.4) is 0 Å². The van der Waals surface area contributed by atoms with Crippen LogP contribution in [-0.4, -0.2) is 221 Å². The van der Waals surface area contributed by atoms with E-state index in [2.05, 4.69) is 310 Å². The van der Waals surface area contributed by atoms with E-state index >= 15 is 0 Å². The second-order valence-corrected chi connectivity index (χ2v) is 45.9. The molecule has 24 heteroatoms. The molecule has 768 valence electrons. The van der Waals surface area contributed by atoms with E-state index in [-0.39, 0.29) is 0 Å². The highest BCUT2D eigenvalue weighted by Gasteiger charge is 2.31. The summed E-state index contributed by atoms with van der Waals surface area (Å²) in [6.45, 7) is 84.0. The van der Waals surface area contributed by atoms with Crippen LogP contribution in [0, 0.1) is 129 Å². The number of piperidine rings is 8. The molecule has 16 heterocycles. The second-order valence-electron chi connectivity index (χ2n) is 45.9. The molecule has 8 aliphatic rings. The van der Waals surface area contributed by atoms with Gasteiger partial charge in [0.15, 0.2) is 0 Å². The SMILES string of the molecule is CC(C)C1CCN(Cc2cncn2C)CC1.CC(C)C1CCN(Cc2cnn(C(C)C)c2)CC1.CC(C)C1CCN(Cc2nccn2C)CC1.CCn1cc(CN2CCC(C(C)C)CC2)cn1.Cc1cc(CN2CCC(C(C)C)CC2)n(C)n1.Cc1ncc(CN2CCC(C(C)C)CC2)n1C.Cc1nn(C)c(C)c1CN1CCC(C(C)C)CC1.Cc1nn(C)cc1CN1CCC(C(C)C)CC1. The van der Waals surface area contributed by atoms with Gasteiger partial charge >= 0.3 is 0 Å². The van der Waals surface area contributed by atoms with E-state index < -0.39 is 0 Å². The van der Waals surface area contributed by atoms with Gasteiger partial charge in [0.1, 0.15) is 11.6 Å². The van der Waals surface area contributed by atoms with Crippen LogP contribution in [0.15, 0.2) is 68.2 Å². The van der Waals surface area contributed by atoms with Crippen LogP contribution in [0.4, 0.5) is 0 Å². The fourth-order valence-electron chi connectivity index (χ4n) is 21.9. The zero-order valence-electron chi connectivity index (χ0n) is 92.4. The van der Waals surface area contributed by atoms with Crippen molar-refractivity contribution in [1.29, 1.82) is 0 Å². The van der Waals surface area contributed by atoms with Crippen LogP contribution in [0.5, 0.6) is 0 Å². The number of rotatable bonds is 26. The van der Waals surface area contributed by atoms with Crippen LogP contribution < -0.4 is 0 Å². The van der Waals surface area contributed by atoms with Crippen molar-refractivity contribution in [1.82, 2.24) is 117 Å². The minimum absolute atomic E-state index is 0.463. The van der Waals surface area contributed by atoms with Crippen molar-refractivity contribution in [3.63, 3.8) is 0 Å². The number of hydrogen-bond acceptors (Lipinski definition) is 16. The maximum atomic E-state index is 4.51. The summed E-state index contributed by atoms with van der Waals surface area (Å²) in [7, 11) is 12.3. The van der Waals surface area contributed by atoms with Gasteiger partial charge in [-0.25, -0.2) is 15.0 Å². The minimum atomic E-state index is 0.463. The lowest BCUT2D eigenvalue weighted by Gasteiger charge is -2.33. The van der Waals surface area contributed by atoms with Crippen molar-refractivity contribution in [2.24, 2.45) is 137 Å². The molecule has 0 amide bonds. The predicted octanol–water partition coefficient (Wildman–Crippen LogP) is 21.4. The van der Waals surface area contributed by atoms with E-state index in [1.165, 1.54) is 270 Å². The van der Waals surface area contributed by atoms with Crippen LogP contribution in [0.25, 0.3) is 0 Å². The summed E-state index contributed by atoms with van der Waals surface area (Å²) in [5.74, 6) is 16.5. The third-order valence-corrected chi connectivity index (χ3v) is 32.9. The lowest BCUT2D eigenvalue weighted by molar-refractivity contribution is 0.148. The normalized spacial score (nSPS) is 19.1. The molecule has 0 radical (unpaired) electrons. The molecule has 0 saturated carbocycles. The van der Waals surface area contributed by atoms with Crippen molar-refractivity contribution in [3.8, 4) is 0 Å². The highest BCUT2D eigenvalue weighted by Crippen LogP contribution is 2.34. The van der Waals surface area contributed by atoms with E-state index in [1.54, 1.807) is 0 Å². The first-order chi connectivity index (χ1) is 64.8. The number of hydrogen-bond donors (Lipinski definition) is 0. The summed E-state index contributed by atoms with van der Waals surface area (Å²) in [6.07, 6.45) is 42.1. The third kappa shape index (κ3) is 37.0. The molecule has 8 fully saturated rings. The monoisotopic (exact) mass is 1880 g/mol. The molecular formula is C112H200N24. The Hall–Kier alpha value is -6.64. The number of imidazole rings is 3. The Bertz CT molecular complexity index is 4340. The highest BCUT2D eigenvalue weighted by molar-refractivity contribution is 5.24. The summed E-state index contributed by atoms with van der Waals surface area (Å²) in [4.78, 5) is 33.4. The molecule has 8 aromatic rings. The van der Waals surface area contributed by atoms with Crippen molar-refractivity contribution in [2.45, 2.75) is 334 Å². The van der Waals surface area contributed by atoms with Crippen molar-refractivity contribution in [2.75, 3.05) is 105 Å². The first-order valence-electron chi connectivity index (χ1n) is 54.5. The quantitative estimate of drug-likeness (QED) is 0.0501. The van der Waals surface area contributed by atoms with Gasteiger partial charge in [-0.3, -0.25) is 62.6 Å². The molecular weight excluding hydrogens is 1680 g/mol. The molecule has 136 heavy (non-hydrogen) atoms. The Morgan fingerprint density at radius 2 is 0.706 bits per heavy atom. The van der Waals surface area contributed by atoms with Gasteiger partial charge in [0.25, 0.3) is 0 Å². The fourth-order valence-corrected chi connectivity index (χ4v) is 21.9. The van der Waals surface area contributed by atoms with E-state index in [9.17, 15) is 0 Å². The Balaban J connectivity index is 0.000000174. The largest absolute Gasteiger partial charge is 0.337 e. The van der Waals surface area contributed by atoms with Crippen LogP contribution >= 0.6 is 0 Å². The van der Waals surface area contributed by atoms with Gasteiger partial charge in [-0.15, -0.1) is 0 Å². The van der Waals surface area contributed by atoms with Gasteiger partial charge in [-0.05, 0) is 364 Å². The number of aromatic nitrogens is 16. The molecule has 0 atom stereocenters. The van der Waals surface area contributed by atoms with E-state index in [0.717, 1.165) is 165 Å². The Morgan fingerprint density at radius 3 is 1.01 bits per heavy atom. The Labute approximate surface area is 829 Å². The van der Waals surface area contributed by atoms with Crippen LogP contribution in [-0.2, 0) is 101 Å². The Morgan fingerprint density at radius 1 is 0.338 bits per heavy atom. The summed E-state index contributed by atoms with van der Waals surface area (Å²) >= 11 is 0. The molecule has 8 saturated heterocycles. The lowest BCUT2D eigenvalue weighted by atomic mass is 9.86. The van der Waals surface area contributed by atoms with Gasteiger partial charge in [-0.1, -0.05) is 111 Å². The fraction of sp³-hybridized carbons (Fsp3) is 0.786. The third-order valence-electron chi connectivity index (χ3n) is 32.9. The molecule has 0 spiro atoms. The average Bonchev–Trinajstić information content (AvgIpc) is 1.68. The van der Waals surface area contributed by atoms with Gasteiger partial charge in [-0.2, -0.15) is 25.5 Å².